The van der Waals surface area contributed by atoms with Crippen LogP contribution in [0.4, 0.5) is 0 Å². The summed E-state index contributed by atoms with van der Waals surface area (Å²) < 4.78 is 0. The zero-order chi connectivity index (χ0) is 14.8. The van der Waals surface area contributed by atoms with Crippen molar-refractivity contribution in [3.63, 3.8) is 0 Å². The van der Waals surface area contributed by atoms with E-state index in [1.54, 1.807) is 0 Å². The maximum absolute atomic E-state index is 11.9. The largest absolute Gasteiger partial charge is 0.380 e. The molecular formula is C15H21N3O2. The first-order chi connectivity index (χ1) is 9.44. The number of fused-ring (bicyclic) bond motifs is 1. The highest BCUT2D eigenvalue weighted by Gasteiger charge is 2.28. The van der Waals surface area contributed by atoms with E-state index in [4.69, 9.17) is 0 Å². The van der Waals surface area contributed by atoms with Crippen LogP contribution >= 0.6 is 0 Å². The van der Waals surface area contributed by atoms with Crippen molar-refractivity contribution in [3.05, 3.63) is 29.6 Å². The van der Waals surface area contributed by atoms with Crippen molar-refractivity contribution in [2.24, 2.45) is 0 Å². The number of carbonyl (C=O) groups excluding carboxylic acids is 1. The van der Waals surface area contributed by atoms with Crippen molar-refractivity contribution < 1.29 is 9.90 Å². The van der Waals surface area contributed by atoms with Gasteiger partial charge in [0.05, 0.1) is 17.6 Å². The van der Waals surface area contributed by atoms with Crippen LogP contribution in [0.5, 0.6) is 0 Å². The molecule has 1 heterocycles. The van der Waals surface area contributed by atoms with Crippen LogP contribution in [0.25, 0.3) is 11.0 Å². The third-order valence-electron chi connectivity index (χ3n) is 3.41. The topological polar surface area (TPSA) is 78.0 Å². The fourth-order valence-electron chi connectivity index (χ4n) is 2.27. The molecule has 3 N–H and O–H groups in total. The predicted molar refractivity (Wildman–Crippen MR) is 78.2 cm³/mol. The first-order valence-electron chi connectivity index (χ1n) is 6.89. The number of hydrogen-bond donors (Lipinski definition) is 3. The van der Waals surface area contributed by atoms with E-state index in [1.807, 2.05) is 32.0 Å². The summed E-state index contributed by atoms with van der Waals surface area (Å²) >= 11 is 0. The van der Waals surface area contributed by atoms with Crippen molar-refractivity contribution in [1.29, 1.82) is 0 Å². The number of aromatic nitrogens is 2. The molecule has 1 amide bonds. The normalized spacial score (nSPS) is 14.2. The fraction of sp³-hybridized carbons (Fsp3) is 0.467. The number of amides is 1. The maximum Gasteiger partial charge on any atom is 0.252 e. The van der Waals surface area contributed by atoms with E-state index in [1.165, 1.54) is 6.92 Å². The second-order valence-corrected chi connectivity index (χ2v) is 5.36. The molecule has 1 unspecified atom stereocenters. The zero-order valence-corrected chi connectivity index (χ0v) is 12.2. The SMILES string of the molecule is CCCC(C)(O)C(=O)NCc1nc2c(C)cccc2[nH]1. The predicted octanol–water partition coefficient (Wildman–Crippen LogP) is 2.04. The molecule has 0 bridgehead atoms. The molecule has 0 aliphatic carbocycles. The van der Waals surface area contributed by atoms with E-state index in [0.717, 1.165) is 23.0 Å². The van der Waals surface area contributed by atoms with Gasteiger partial charge in [0.1, 0.15) is 11.4 Å². The van der Waals surface area contributed by atoms with Crippen LogP contribution < -0.4 is 5.32 Å². The van der Waals surface area contributed by atoms with Gasteiger partial charge >= 0.3 is 0 Å². The molecule has 0 aliphatic rings. The highest BCUT2D eigenvalue weighted by atomic mass is 16.3. The van der Waals surface area contributed by atoms with Gasteiger partial charge in [-0.1, -0.05) is 25.5 Å². The molecule has 0 saturated heterocycles. The number of aryl methyl sites for hydroxylation is 1. The van der Waals surface area contributed by atoms with Gasteiger partial charge in [-0.3, -0.25) is 4.79 Å². The molecule has 0 fully saturated rings. The number of carbonyl (C=O) groups is 1. The minimum atomic E-state index is -1.32. The third-order valence-corrected chi connectivity index (χ3v) is 3.41. The molecule has 20 heavy (non-hydrogen) atoms. The van der Waals surface area contributed by atoms with Crippen LogP contribution in [-0.2, 0) is 11.3 Å². The molecule has 2 aromatic rings. The number of benzene rings is 1. The average molecular weight is 275 g/mol. The number of imidazole rings is 1. The van der Waals surface area contributed by atoms with Gasteiger partial charge in [0.2, 0.25) is 0 Å². The van der Waals surface area contributed by atoms with Crippen LogP contribution in [0.3, 0.4) is 0 Å². The Hall–Kier alpha value is -1.88. The van der Waals surface area contributed by atoms with Crippen molar-refractivity contribution >= 4 is 16.9 Å². The molecule has 1 aromatic carbocycles. The van der Waals surface area contributed by atoms with E-state index >= 15 is 0 Å². The Kier molecular flexibility index (Phi) is 4.09. The van der Waals surface area contributed by atoms with Crippen LogP contribution in [0.1, 0.15) is 38.1 Å². The third kappa shape index (κ3) is 2.99. The Balaban J connectivity index is 2.06. The second-order valence-electron chi connectivity index (χ2n) is 5.36. The van der Waals surface area contributed by atoms with Gasteiger partial charge < -0.3 is 15.4 Å². The average Bonchev–Trinajstić information content (AvgIpc) is 2.80. The highest BCUT2D eigenvalue weighted by molar-refractivity contribution is 5.84. The summed E-state index contributed by atoms with van der Waals surface area (Å²) in [6.07, 6.45) is 1.20. The Morgan fingerprint density at radius 2 is 2.25 bits per heavy atom. The minimum absolute atomic E-state index is 0.285. The summed E-state index contributed by atoms with van der Waals surface area (Å²) in [5.41, 5.74) is 1.64. The lowest BCUT2D eigenvalue weighted by molar-refractivity contribution is -0.138. The first kappa shape index (κ1) is 14.5. The number of rotatable bonds is 5. The lowest BCUT2D eigenvalue weighted by Gasteiger charge is -2.21. The van der Waals surface area contributed by atoms with E-state index in [2.05, 4.69) is 15.3 Å². The molecule has 0 spiro atoms. The first-order valence-corrected chi connectivity index (χ1v) is 6.89. The number of nitrogens with zero attached hydrogens (tertiary/aromatic N) is 1. The number of para-hydroxylation sites is 1. The lowest BCUT2D eigenvalue weighted by Crippen LogP contribution is -2.44. The van der Waals surface area contributed by atoms with Crippen molar-refractivity contribution in [3.8, 4) is 0 Å². The van der Waals surface area contributed by atoms with Crippen molar-refractivity contribution in [1.82, 2.24) is 15.3 Å². The Morgan fingerprint density at radius 1 is 1.50 bits per heavy atom. The standard InChI is InChI=1S/C15H21N3O2/c1-4-8-15(3,20)14(19)16-9-12-17-11-7-5-6-10(2)13(11)18-12/h5-7,20H,4,8-9H2,1-3H3,(H,16,19)(H,17,18). The zero-order valence-electron chi connectivity index (χ0n) is 12.2. The molecule has 0 saturated carbocycles. The van der Waals surface area contributed by atoms with Gasteiger partial charge in [-0.15, -0.1) is 0 Å². The van der Waals surface area contributed by atoms with Crippen molar-refractivity contribution in [2.75, 3.05) is 0 Å². The molecule has 108 valence electrons. The van der Waals surface area contributed by atoms with Crippen LogP contribution in [0.15, 0.2) is 18.2 Å². The fourth-order valence-corrected chi connectivity index (χ4v) is 2.27. The molecule has 5 nitrogen and oxygen atoms in total. The summed E-state index contributed by atoms with van der Waals surface area (Å²) in [6.45, 7) is 5.75. The van der Waals surface area contributed by atoms with Crippen LogP contribution in [0.2, 0.25) is 0 Å². The minimum Gasteiger partial charge on any atom is -0.380 e. The smallest absolute Gasteiger partial charge is 0.252 e. The molecule has 0 aliphatic heterocycles. The van der Waals surface area contributed by atoms with E-state index in [0.29, 0.717) is 12.2 Å². The molecular weight excluding hydrogens is 254 g/mol. The second kappa shape index (κ2) is 5.63. The molecule has 5 heteroatoms. The van der Waals surface area contributed by atoms with Crippen LogP contribution in [-0.4, -0.2) is 26.6 Å². The molecule has 1 atom stereocenters. The Labute approximate surface area is 118 Å². The lowest BCUT2D eigenvalue weighted by atomic mass is 10.00. The molecule has 2 rings (SSSR count). The number of hydrogen-bond acceptors (Lipinski definition) is 3. The van der Waals surface area contributed by atoms with Gasteiger partial charge in [-0.2, -0.15) is 0 Å². The summed E-state index contributed by atoms with van der Waals surface area (Å²) in [5, 5.41) is 12.7. The summed E-state index contributed by atoms with van der Waals surface area (Å²) in [7, 11) is 0. The number of nitrogens with one attached hydrogen (secondary N) is 2. The summed E-state index contributed by atoms with van der Waals surface area (Å²) in [4.78, 5) is 19.5. The van der Waals surface area contributed by atoms with Crippen LogP contribution in [0, 0.1) is 6.92 Å². The van der Waals surface area contributed by atoms with E-state index in [-0.39, 0.29) is 12.5 Å². The highest BCUT2D eigenvalue weighted by Crippen LogP contribution is 2.16. The maximum atomic E-state index is 11.9. The van der Waals surface area contributed by atoms with E-state index < -0.39 is 5.60 Å². The van der Waals surface area contributed by atoms with E-state index in [9.17, 15) is 9.90 Å². The molecule has 1 aromatic heterocycles. The summed E-state index contributed by atoms with van der Waals surface area (Å²) in [6, 6.07) is 5.91. The molecule has 0 radical (unpaired) electrons. The van der Waals surface area contributed by atoms with Gasteiger partial charge in [0.25, 0.3) is 5.91 Å². The number of aliphatic hydroxyl groups is 1. The van der Waals surface area contributed by atoms with Gasteiger partial charge in [0, 0.05) is 0 Å². The monoisotopic (exact) mass is 275 g/mol. The van der Waals surface area contributed by atoms with Crippen molar-refractivity contribution in [2.45, 2.75) is 45.8 Å². The quantitative estimate of drug-likeness (QED) is 0.781. The Bertz CT molecular complexity index is 617. The Morgan fingerprint density at radius 3 is 2.90 bits per heavy atom. The van der Waals surface area contributed by atoms with Gasteiger partial charge in [0.15, 0.2) is 0 Å². The van der Waals surface area contributed by atoms with Gasteiger partial charge in [-0.25, -0.2) is 4.98 Å². The number of H-pyrrole nitrogens is 1. The number of aromatic amines is 1. The van der Waals surface area contributed by atoms with Gasteiger partial charge in [-0.05, 0) is 31.9 Å². The summed E-state index contributed by atoms with van der Waals surface area (Å²) in [5.74, 6) is 0.325.